The van der Waals surface area contributed by atoms with Crippen LogP contribution in [0, 0.1) is 0 Å². The summed E-state index contributed by atoms with van der Waals surface area (Å²) < 4.78 is 1.56. The quantitative estimate of drug-likeness (QED) is 0.606. The second kappa shape index (κ2) is 3.24. The summed E-state index contributed by atoms with van der Waals surface area (Å²) >= 11 is 0. The lowest BCUT2D eigenvalue weighted by atomic mass is 10.00. The van der Waals surface area contributed by atoms with Gasteiger partial charge in [0, 0.05) is 12.5 Å². The van der Waals surface area contributed by atoms with Crippen LogP contribution >= 0.6 is 0 Å². The molecule has 1 aromatic heterocycles. The van der Waals surface area contributed by atoms with Gasteiger partial charge in [-0.3, -0.25) is 4.79 Å². The highest BCUT2D eigenvalue weighted by Crippen LogP contribution is 2.22. The molecule has 2 atom stereocenters. The molecule has 2 heterocycles. The monoisotopic (exact) mass is 196 g/mol. The van der Waals surface area contributed by atoms with Gasteiger partial charge in [0.15, 0.2) is 0 Å². The number of nitrogens with one attached hydrogen (secondary N) is 1. The van der Waals surface area contributed by atoms with E-state index in [1.54, 1.807) is 4.68 Å². The summed E-state index contributed by atoms with van der Waals surface area (Å²) in [5.41, 5.74) is 5.58. The average Bonchev–Trinajstić information content (AvgIpc) is 2.52. The van der Waals surface area contributed by atoms with Gasteiger partial charge >= 0.3 is 0 Å². The Balaban J connectivity index is 2.19. The van der Waals surface area contributed by atoms with Crippen molar-refractivity contribution in [2.75, 3.05) is 5.73 Å². The van der Waals surface area contributed by atoms with Gasteiger partial charge in [0.1, 0.15) is 0 Å². The fourth-order valence-corrected chi connectivity index (χ4v) is 1.72. The molecule has 0 aliphatic carbocycles. The van der Waals surface area contributed by atoms with Crippen molar-refractivity contribution in [2.45, 2.75) is 31.8 Å². The number of anilines is 1. The number of nitrogens with two attached hydrogens (primary N) is 1. The van der Waals surface area contributed by atoms with Crippen LogP contribution in [0.2, 0.25) is 0 Å². The van der Waals surface area contributed by atoms with Crippen LogP contribution in [0.5, 0.6) is 0 Å². The number of hydrogen-bond acceptors (Lipinski definition) is 5. The van der Waals surface area contributed by atoms with Crippen LogP contribution in [0.15, 0.2) is 0 Å². The molecular formula is C7H12N6O. The van der Waals surface area contributed by atoms with Gasteiger partial charge in [-0.2, -0.15) is 0 Å². The zero-order chi connectivity index (χ0) is 10.1. The van der Waals surface area contributed by atoms with Crippen molar-refractivity contribution in [3.05, 3.63) is 0 Å². The fraction of sp³-hybridized carbons (Fsp3) is 0.714. The molecule has 0 aromatic carbocycles. The highest BCUT2D eigenvalue weighted by atomic mass is 16.1. The minimum absolute atomic E-state index is 0.0158. The molecule has 14 heavy (non-hydrogen) atoms. The molecule has 7 heteroatoms. The third-order valence-corrected chi connectivity index (χ3v) is 2.47. The van der Waals surface area contributed by atoms with Crippen LogP contribution in [0.1, 0.15) is 25.8 Å². The molecule has 76 valence electrons. The lowest BCUT2D eigenvalue weighted by molar-refractivity contribution is -0.124. The highest BCUT2D eigenvalue weighted by Gasteiger charge is 2.28. The summed E-state index contributed by atoms with van der Waals surface area (Å²) in [4.78, 5) is 11.1. The molecule has 1 saturated heterocycles. The third-order valence-electron chi connectivity index (χ3n) is 2.47. The second-order valence-electron chi connectivity index (χ2n) is 3.44. The fourth-order valence-electron chi connectivity index (χ4n) is 1.72. The van der Waals surface area contributed by atoms with E-state index in [0.717, 1.165) is 6.42 Å². The predicted molar refractivity (Wildman–Crippen MR) is 48.1 cm³/mol. The first-order valence-corrected chi connectivity index (χ1v) is 4.51. The highest BCUT2D eigenvalue weighted by molar-refractivity contribution is 5.77. The van der Waals surface area contributed by atoms with E-state index >= 15 is 0 Å². The van der Waals surface area contributed by atoms with Crippen molar-refractivity contribution in [1.82, 2.24) is 25.5 Å². The zero-order valence-corrected chi connectivity index (χ0v) is 7.84. The van der Waals surface area contributed by atoms with Crippen LogP contribution in [0.25, 0.3) is 0 Å². The number of hydrogen-bond donors (Lipinski definition) is 2. The molecule has 3 N–H and O–H groups in total. The van der Waals surface area contributed by atoms with Crippen molar-refractivity contribution in [3.63, 3.8) is 0 Å². The van der Waals surface area contributed by atoms with Crippen LogP contribution < -0.4 is 11.1 Å². The minimum atomic E-state index is 0.0158. The summed E-state index contributed by atoms with van der Waals surface area (Å²) in [7, 11) is 0. The van der Waals surface area contributed by atoms with Crippen LogP contribution in [0.3, 0.4) is 0 Å². The van der Waals surface area contributed by atoms with E-state index in [1.807, 2.05) is 6.92 Å². The van der Waals surface area contributed by atoms with E-state index in [-0.39, 0.29) is 23.9 Å². The Morgan fingerprint density at radius 1 is 1.64 bits per heavy atom. The summed E-state index contributed by atoms with van der Waals surface area (Å²) in [6.45, 7) is 1.92. The van der Waals surface area contributed by atoms with Gasteiger partial charge in [-0.25, -0.2) is 4.68 Å². The second-order valence-corrected chi connectivity index (χ2v) is 3.44. The molecule has 1 aliphatic heterocycles. The first kappa shape index (κ1) is 8.92. The maximum Gasteiger partial charge on any atom is 0.240 e. The molecule has 2 unspecified atom stereocenters. The van der Waals surface area contributed by atoms with Crippen molar-refractivity contribution in [3.8, 4) is 0 Å². The van der Waals surface area contributed by atoms with Gasteiger partial charge in [-0.15, -0.1) is 0 Å². The van der Waals surface area contributed by atoms with Crippen LogP contribution in [0.4, 0.5) is 5.95 Å². The number of piperidine rings is 1. The Morgan fingerprint density at radius 3 is 3.00 bits per heavy atom. The molecule has 2 rings (SSSR count). The molecule has 7 nitrogen and oxygen atoms in total. The number of tetrazole rings is 1. The summed E-state index contributed by atoms with van der Waals surface area (Å²) in [6.07, 6.45) is 1.22. The van der Waals surface area contributed by atoms with Gasteiger partial charge in [-0.1, -0.05) is 5.10 Å². The molecule has 0 radical (unpaired) electrons. The van der Waals surface area contributed by atoms with E-state index < -0.39 is 0 Å². The summed E-state index contributed by atoms with van der Waals surface area (Å²) in [6, 6.07) is 0.0738. The van der Waals surface area contributed by atoms with Gasteiger partial charge in [0.25, 0.3) is 0 Å². The maximum absolute atomic E-state index is 11.1. The zero-order valence-electron chi connectivity index (χ0n) is 7.84. The number of amides is 1. The predicted octanol–water partition coefficient (Wildman–Crippen LogP) is -0.905. The first-order valence-electron chi connectivity index (χ1n) is 4.51. The van der Waals surface area contributed by atoms with Gasteiger partial charge < -0.3 is 11.1 Å². The molecule has 1 aliphatic rings. The number of nitrogens with zero attached hydrogens (tertiary/aromatic N) is 4. The SMILES string of the molecule is CC1NC(=O)CCC1n1nnnc1N. The van der Waals surface area contributed by atoms with Gasteiger partial charge in [0.2, 0.25) is 11.9 Å². The van der Waals surface area contributed by atoms with Crippen molar-refractivity contribution >= 4 is 11.9 Å². The largest absolute Gasteiger partial charge is 0.367 e. The van der Waals surface area contributed by atoms with Crippen molar-refractivity contribution < 1.29 is 4.79 Å². The molecule has 1 amide bonds. The Labute approximate surface area is 80.6 Å². The smallest absolute Gasteiger partial charge is 0.240 e. The number of aromatic nitrogens is 4. The molecular weight excluding hydrogens is 184 g/mol. The molecule has 0 spiro atoms. The summed E-state index contributed by atoms with van der Waals surface area (Å²) in [5.74, 6) is 0.360. The maximum atomic E-state index is 11.1. The molecule has 1 fully saturated rings. The minimum Gasteiger partial charge on any atom is -0.367 e. The molecule has 0 saturated carbocycles. The molecule has 1 aromatic rings. The Kier molecular flexibility index (Phi) is 2.06. The van der Waals surface area contributed by atoms with Crippen molar-refractivity contribution in [2.24, 2.45) is 0 Å². The Bertz CT molecular complexity index is 348. The lowest BCUT2D eigenvalue weighted by Gasteiger charge is -2.29. The standard InChI is InChI=1S/C7H12N6O/c1-4-5(2-3-6(14)9-4)13-7(8)10-11-12-13/h4-5H,2-3H2,1H3,(H,9,14)(H2,8,10,12). The van der Waals surface area contributed by atoms with Crippen LogP contribution in [-0.4, -0.2) is 32.2 Å². The first-order chi connectivity index (χ1) is 6.68. The number of carbonyl (C=O) groups excluding carboxylic acids is 1. The van der Waals surface area contributed by atoms with E-state index in [4.69, 9.17) is 5.73 Å². The number of nitrogen functional groups attached to an aromatic ring is 1. The third kappa shape index (κ3) is 1.40. The Morgan fingerprint density at radius 2 is 2.43 bits per heavy atom. The van der Waals surface area contributed by atoms with Crippen LogP contribution in [-0.2, 0) is 4.79 Å². The van der Waals surface area contributed by atoms with E-state index in [2.05, 4.69) is 20.8 Å². The van der Waals surface area contributed by atoms with Crippen molar-refractivity contribution in [1.29, 1.82) is 0 Å². The topological polar surface area (TPSA) is 98.7 Å². The van der Waals surface area contributed by atoms with E-state index in [9.17, 15) is 4.79 Å². The average molecular weight is 196 g/mol. The van der Waals surface area contributed by atoms with Gasteiger partial charge in [0.05, 0.1) is 6.04 Å². The van der Waals surface area contributed by atoms with E-state index in [0.29, 0.717) is 6.42 Å². The Hall–Kier alpha value is -1.66. The molecule has 0 bridgehead atoms. The number of carbonyl (C=O) groups is 1. The number of rotatable bonds is 1. The van der Waals surface area contributed by atoms with E-state index in [1.165, 1.54) is 0 Å². The lowest BCUT2D eigenvalue weighted by Crippen LogP contribution is -2.44. The summed E-state index contributed by atoms with van der Waals surface area (Å²) in [5, 5.41) is 13.7. The normalized spacial score (nSPS) is 27.4. The van der Waals surface area contributed by atoms with Gasteiger partial charge in [-0.05, 0) is 23.8 Å².